The molecule has 1 heterocycles. The molecule has 0 saturated heterocycles. The van der Waals surface area contributed by atoms with Crippen LogP contribution in [0.2, 0.25) is 0 Å². The maximum atomic E-state index is 7.00. The van der Waals surface area contributed by atoms with Crippen LogP contribution in [0.15, 0.2) is 206 Å². The van der Waals surface area contributed by atoms with Crippen LogP contribution in [0.3, 0.4) is 0 Å². The molecule has 0 radical (unpaired) electrons. The van der Waals surface area contributed by atoms with Crippen LogP contribution in [-0.4, -0.2) is 0 Å². The van der Waals surface area contributed by atoms with E-state index in [0.717, 1.165) is 11.5 Å². The lowest BCUT2D eigenvalue weighted by molar-refractivity contribution is 0.437. The molecule has 10 aromatic carbocycles. The highest BCUT2D eigenvalue weighted by Gasteiger charge is 2.53. The summed E-state index contributed by atoms with van der Waals surface area (Å²) in [6.07, 6.45) is 0. The lowest BCUT2D eigenvalue weighted by Gasteiger charge is -2.40. The van der Waals surface area contributed by atoms with E-state index in [-0.39, 0.29) is 0 Å². The third-order valence-corrected chi connectivity index (χ3v) is 14.1. The predicted octanol–water partition coefficient (Wildman–Crippen LogP) is 14.5. The van der Waals surface area contributed by atoms with Crippen molar-refractivity contribution in [1.29, 1.82) is 0 Å². The minimum absolute atomic E-state index is 0.462. The van der Waals surface area contributed by atoms with E-state index in [2.05, 4.69) is 206 Å². The molecule has 2 spiro atoms. The zero-order chi connectivity index (χ0) is 38.5. The van der Waals surface area contributed by atoms with Crippen LogP contribution in [0, 0.1) is 0 Å². The molecule has 0 unspecified atom stereocenters. The molecule has 0 bridgehead atoms. The van der Waals surface area contributed by atoms with E-state index in [1.54, 1.807) is 0 Å². The molecular weight excluding hydrogens is 713 g/mol. The Kier molecular flexibility index (Phi) is 5.96. The van der Waals surface area contributed by atoms with Crippen LogP contribution < -0.4 is 4.74 Å². The van der Waals surface area contributed by atoms with Gasteiger partial charge in [0.25, 0.3) is 0 Å². The van der Waals surface area contributed by atoms with Gasteiger partial charge in [-0.1, -0.05) is 176 Å². The van der Waals surface area contributed by atoms with E-state index < -0.39 is 10.8 Å². The third-order valence-electron chi connectivity index (χ3n) is 14.1. The van der Waals surface area contributed by atoms with E-state index in [0.29, 0.717) is 0 Å². The normalized spacial score (nSPS) is 14.8. The quantitative estimate of drug-likeness (QED) is 0.163. The molecular formula is C58H34O. The maximum absolute atomic E-state index is 7.00. The second kappa shape index (κ2) is 11.1. The molecule has 1 heteroatoms. The molecule has 0 amide bonds. The summed E-state index contributed by atoms with van der Waals surface area (Å²) < 4.78 is 7.00. The zero-order valence-electron chi connectivity index (χ0n) is 32.0. The lowest BCUT2D eigenvalue weighted by Crippen LogP contribution is -2.32. The van der Waals surface area contributed by atoms with Crippen molar-refractivity contribution in [2.75, 3.05) is 0 Å². The van der Waals surface area contributed by atoms with Crippen LogP contribution in [0.25, 0.3) is 66.1 Å². The summed E-state index contributed by atoms with van der Waals surface area (Å²) in [5.74, 6) is 1.82. The fraction of sp³-hybridized carbons (Fsp3) is 0.0345. The average molecular weight is 747 g/mol. The van der Waals surface area contributed by atoms with Gasteiger partial charge in [-0.15, -0.1) is 0 Å². The van der Waals surface area contributed by atoms with E-state index in [4.69, 9.17) is 4.74 Å². The van der Waals surface area contributed by atoms with Gasteiger partial charge in [0.1, 0.15) is 11.5 Å². The molecule has 0 atom stereocenters. The van der Waals surface area contributed by atoms with Crippen LogP contribution in [0.5, 0.6) is 11.5 Å². The summed E-state index contributed by atoms with van der Waals surface area (Å²) in [7, 11) is 0. The Morgan fingerprint density at radius 3 is 1.37 bits per heavy atom. The summed E-state index contributed by atoms with van der Waals surface area (Å²) in [6, 6.07) is 77.3. The Bertz CT molecular complexity index is 3400. The van der Waals surface area contributed by atoms with Crippen LogP contribution in [0.1, 0.15) is 44.5 Å². The van der Waals surface area contributed by atoms with Crippen molar-refractivity contribution < 1.29 is 4.74 Å². The minimum atomic E-state index is -0.563. The summed E-state index contributed by atoms with van der Waals surface area (Å²) in [5, 5.41) is 4.97. The Labute approximate surface area is 342 Å². The van der Waals surface area contributed by atoms with Gasteiger partial charge in [0, 0.05) is 11.1 Å². The molecule has 3 aliphatic carbocycles. The maximum Gasteiger partial charge on any atom is 0.132 e. The summed E-state index contributed by atoms with van der Waals surface area (Å²) in [6.45, 7) is 0. The number of benzene rings is 10. The monoisotopic (exact) mass is 746 g/mol. The molecule has 1 nitrogen and oxygen atoms in total. The number of rotatable bonds is 1. The zero-order valence-corrected chi connectivity index (χ0v) is 32.0. The van der Waals surface area contributed by atoms with Crippen LogP contribution >= 0.6 is 0 Å². The van der Waals surface area contributed by atoms with Crippen LogP contribution in [-0.2, 0) is 10.8 Å². The highest BCUT2D eigenvalue weighted by atomic mass is 16.5. The van der Waals surface area contributed by atoms with E-state index >= 15 is 0 Å². The van der Waals surface area contributed by atoms with Gasteiger partial charge < -0.3 is 4.74 Å². The van der Waals surface area contributed by atoms with Crippen LogP contribution in [0.4, 0.5) is 0 Å². The first-order valence-corrected chi connectivity index (χ1v) is 20.7. The summed E-state index contributed by atoms with van der Waals surface area (Å²) in [5.41, 5.74) is 19.6. The Balaban J connectivity index is 1.05. The second-order valence-corrected chi connectivity index (χ2v) is 16.7. The Morgan fingerprint density at radius 1 is 0.271 bits per heavy atom. The predicted molar refractivity (Wildman–Crippen MR) is 241 cm³/mol. The SMILES string of the molecule is c1ccc2c(c1)-c1ccccc1C21c2cc(-c3ccc4c(c3)C3(c5ccccc5-c5ccccc53)c3c-4ccc4ccccc34)ccc2Oc2cc3ccccc3cc21. The van der Waals surface area contributed by atoms with Gasteiger partial charge in [-0.3, -0.25) is 0 Å². The number of hydrogen-bond donors (Lipinski definition) is 0. The third kappa shape index (κ3) is 3.77. The largest absolute Gasteiger partial charge is 0.457 e. The fourth-order valence-electron chi connectivity index (χ4n) is 11.9. The van der Waals surface area contributed by atoms with Gasteiger partial charge in [-0.05, 0) is 130 Å². The van der Waals surface area contributed by atoms with Crippen molar-refractivity contribution in [2.45, 2.75) is 10.8 Å². The molecule has 0 saturated carbocycles. The van der Waals surface area contributed by atoms with Crippen molar-refractivity contribution in [2.24, 2.45) is 0 Å². The molecule has 59 heavy (non-hydrogen) atoms. The van der Waals surface area contributed by atoms with Gasteiger partial charge in [0.05, 0.1) is 10.8 Å². The first-order chi connectivity index (χ1) is 29.2. The second-order valence-electron chi connectivity index (χ2n) is 16.7. The van der Waals surface area contributed by atoms with E-state index in [9.17, 15) is 0 Å². The minimum Gasteiger partial charge on any atom is -0.457 e. The molecule has 0 fully saturated rings. The number of fused-ring (bicyclic) bond motifs is 22. The van der Waals surface area contributed by atoms with Crippen molar-refractivity contribution in [3.63, 3.8) is 0 Å². The molecule has 14 rings (SSSR count). The summed E-state index contributed by atoms with van der Waals surface area (Å²) >= 11 is 0. The smallest absolute Gasteiger partial charge is 0.132 e. The number of hydrogen-bond acceptors (Lipinski definition) is 1. The molecule has 10 aromatic rings. The highest BCUT2D eigenvalue weighted by molar-refractivity contribution is 6.04. The average Bonchev–Trinajstić information content (AvgIpc) is 3.89. The first-order valence-electron chi connectivity index (χ1n) is 20.7. The number of ether oxygens (including phenoxy) is 1. The summed E-state index contributed by atoms with van der Waals surface area (Å²) in [4.78, 5) is 0. The van der Waals surface area contributed by atoms with Crippen molar-refractivity contribution in [3.05, 3.63) is 251 Å². The Hall–Kier alpha value is -7.48. The molecule has 272 valence electrons. The lowest BCUT2D eigenvalue weighted by atomic mass is 9.65. The van der Waals surface area contributed by atoms with E-state index in [1.165, 1.54) is 111 Å². The topological polar surface area (TPSA) is 9.23 Å². The molecule has 0 N–H and O–H groups in total. The molecule has 0 aromatic heterocycles. The Morgan fingerprint density at radius 2 is 0.729 bits per heavy atom. The molecule has 4 aliphatic rings. The van der Waals surface area contributed by atoms with Crippen molar-refractivity contribution >= 4 is 21.5 Å². The van der Waals surface area contributed by atoms with Gasteiger partial charge in [0.2, 0.25) is 0 Å². The highest BCUT2D eigenvalue weighted by Crippen LogP contribution is 2.66. The van der Waals surface area contributed by atoms with Crippen molar-refractivity contribution in [3.8, 4) is 56.0 Å². The molecule has 1 aliphatic heterocycles. The van der Waals surface area contributed by atoms with Gasteiger partial charge in [-0.2, -0.15) is 0 Å². The van der Waals surface area contributed by atoms with Gasteiger partial charge in [-0.25, -0.2) is 0 Å². The van der Waals surface area contributed by atoms with E-state index in [1.807, 2.05) is 0 Å². The van der Waals surface area contributed by atoms with Gasteiger partial charge in [0.15, 0.2) is 0 Å². The first kappa shape index (κ1) is 31.6. The fourth-order valence-corrected chi connectivity index (χ4v) is 11.9. The van der Waals surface area contributed by atoms with Gasteiger partial charge >= 0.3 is 0 Å². The van der Waals surface area contributed by atoms with Crippen molar-refractivity contribution in [1.82, 2.24) is 0 Å². The standard InChI is InChI=1S/C58H34O/c1-2-15-37-34-55-53(32-36(37)14-1)57(47-21-9-5-17-41(47)42-18-6-10-22-48(42)57)52-33-39(27-30-54(52)59-55)38-26-28-45-46-29-25-35-13-3-4-16-40(35)56(46)58(51(45)31-38)49-23-11-7-19-43(49)44-20-8-12-24-50(44)58/h1-34H.